The Morgan fingerprint density at radius 2 is 1.84 bits per heavy atom. The monoisotopic (exact) mass is 296 g/mol. The predicted molar refractivity (Wildman–Crippen MR) is 80.4 cm³/mol. The van der Waals surface area contributed by atoms with Crippen molar-refractivity contribution in [3.8, 4) is 5.75 Å². The van der Waals surface area contributed by atoms with Crippen LogP contribution < -0.4 is 4.74 Å². The molecule has 0 saturated carbocycles. The van der Waals surface area contributed by atoms with Crippen LogP contribution >= 0.6 is 22.9 Å². The second-order valence-corrected chi connectivity index (χ2v) is 6.70. The van der Waals surface area contributed by atoms with Crippen LogP contribution in [0, 0.1) is 0 Å². The number of ether oxygens (including phenoxy) is 1. The third-order valence-electron chi connectivity index (χ3n) is 2.93. The zero-order chi connectivity index (χ0) is 13.9. The molecule has 0 spiro atoms. The number of methoxy groups -OCH3 is 1. The highest BCUT2D eigenvalue weighted by atomic mass is 35.5. The fraction of sp³-hybridized carbons (Fsp3) is 0.333. The van der Waals surface area contributed by atoms with Gasteiger partial charge in [0.2, 0.25) is 0 Å². The molecular weight excluding hydrogens is 280 g/mol. The molecule has 1 N–H and O–H groups in total. The van der Waals surface area contributed by atoms with Crippen molar-refractivity contribution in [3.63, 3.8) is 0 Å². The summed E-state index contributed by atoms with van der Waals surface area (Å²) in [6.07, 6.45) is 1.21. The highest BCUT2D eigenvalue weighted by Crippen LogP contribution is 2.27. The molecular formula is C15H17ClO2S. The van der Waals surface area contributed by atoms with Gasteiger partial charge in [0.1, 0.15) is 5.75 Å². The molecule has 0 fully saturated rings. The van der Waals surface area contributed by atoms with Crippen molar-refractivity contribution in [3.05, 3.63) is 51.2 Å². The van der Waals surface area contributed by atoms with E-state index < -0.39 is 5.60 Å². The molecule has 0 bridgehead atoms. The molecule has 102 valence electrons. The highest BCUT2D eigenvalue weighted by molar-refractivity contribution is 7.16. The molecule has 1 unspecified atom stereocenters. The number of aliphatic hydroxyl groups is 1. The fourth-order valence-corrected chi connectivity index (χ4v) is 3.33. The van der Waals surface area contributed by atoms with Crippen molar-refractivity contribution in [1.29, 1.82) is 0 Å². The first-order valence-electron chi connectivity index (χ1n) is 6.08. The van der Waals surface area contributed by atoms with E-state index in [0.717, 1.165) is 20.5 Å². The standard InChI is InChI=1S/C15H17ClO2S/c1-15(17,10-13-7-8-14(16)19-13)9-11-3-5-12(18-2)6-4-11/h3-8,17H,9-10H2,1-2H3. The smallest absolute Gasteiger partial charge is 0.118 e. The normalized spacial score (nSPS) is 14.1. The summed E-state index contributed by atoms with van der Waals surface area (Å²) < 4.78 is 5.88. The van der Waals surface area contributed by atoms with Gasteiger partial charge in [0.25, 0.3) is 0 Å². The number of halogens is 1. The largest absolute Gasteiger partial charge is 0.497 e. The first-order chi connectivity index (χ1) is 8.98. The van der Waals surface area contributed by atoms with Gasteiger partial charge in [0.05, 0.1) is 17.0 Å². The third-order valence-corrected chi connectivity index (χ3v) is 4.16. The van der Waals surface area contributed by atoms with Crippen LogP contribution in [0.1, 0.15) is 17.4 Å². The summed E-state index contributed by atoms with van der Waals surface area (Å²) >= 11 is 7.42. The van der Waals surface area contributed by atoms with Gasteiger partial charge in [-0.05, 0) is 36.8 Å². The minimum Gasteiger partial charge on any atom is -0.497 e. The van der Waals surface area contributed by atoms with Crippen molar-refractivity contribution in [2.45, 2.75) is 25.4 Å². The summed E-state index contributed by atoms with van der Waals surface area (Å²) in [5.74, 6) is 0.827. The van der Waals surface area contributed by atoms with E-state index in [1.54, 1.807) is 7.11 Å². The lowest BCUT2D eigenvalue weighted by atomic mass is 9.92. The first kappa shape index (κ1) is 14.4. The second kappa shape index (κ2) is 5.95. The summed E-state index contributed by atoms with van der Waals surface area (Å²) in [6.45, 7) is 1.85. The van der Waals surface area contributed by atoms with E-state index in [1.165, 1.54) is 11.3 Å². The lowest BCUT2D eigenvalue weighted by Crippen LogP contribution is -2.29. The Labute approximate surface area is 122 Å². The van der Waals surface area contributed by atoms with E-state index in [1.807, 2.05) is 43.3 Å². The van der Waals surface area contributed by atoms with Gasteiger partial charge >= 0.3 is 0 Å². The van der Waals surface area contributed by atoms with E-state index >= 15 is 0 Å². The Morgan fingerprint density at radius 1 is 1.16 bits per heavy atom. The molecule has 1 aromatic carbocycles. The van der Waals surface area contributed by atoms with Crippen LogP contribution in [0.15, 0.2) is 36.4 Å². The molecule has 1 aromatic heterocycles. The number of hydrogen-bond donors (Lipinski definition) is 1. The lowest BCUT2D eigenvalue weighted by molar-refractivity contribution is 0.0616. The fourth-order valence-electron chi connectivity index (χ4n) is 2.07. The molecule has 0 aliphatic rings. The van der Waals surface area contributed by atoms with Crippen LogP contribution in [0.2, 0.25) is 4.34 Å². The Hall–Kier alpha value is -1.03. The molecule has 1 atom stereocenters. The van der Waals surface area contributed by atoms with Crippen LogP contribution in [0.25, 0.3) is 0 Å². The summed E-state index contributed by atoms with van der Waals surface area (Å²) in [5, 5.41) is 10.5. The lowest BCUT2D eigenvalue weighted by Gasteiger charge is -2.22. The minimum atomic E-state index is -0.775. The topological polar surface area (TPSA) is 29.5 Å². The average molecular weight is 297 g/mol. The van der Waals surface area contributed by atoms with E-state index in [4.69, 9.17) is 16.3 Å². The molecule has 0 radical (unpaired) electrons. The van der Waals surface area contributed by atoms with Crippen LogP contribution in [-0.2, 0) is 12.8 Å². The van der Waals surface area contributed by atoms with Gasteiger partial charge in [0, 0.05) is 17.7 Å². The molecule has 1 heterocycles. The molecule has 2 nitrogen and oxygen atoms in total. The van der Waals surface area contributed by atoms with Gasteiger partial charge in [-0.2, -0.15) is 0 Å². The van der Waals surface area contributed by atoms with Crippen LogP contribution in [-0.4, -0.2) is 17.8 Å². The molecule has 0 aliphatic carbocycles. The zero-order valence-electron chi connectivity index (χ0n) is 11.0. The number of thiophene rings is 1. The van der Waals surface area contributed by atoms with Gasteiger partial charge < -0.3 is 9.84 Å². The maximum Gasteiger partial charge on any atom is 0.118 e. The van der Waals surface area contributed by atoms with E-state index in [2.05, 4.69) is 0 Å². The Bertz CT molecular complexity index is 531. The number of rotatable bonds is 5. The van der Waals surface area contributed by atoms with Crippen LogP contribution in [0.5, 0.6) is 5.75 Å². The molecule has 2 rings (SSSR count). The molecule has 2 aromatic rings. The van der Waals surface area contributed by atoms with Gasteiger partial charge in [-0.3, -0.25) is 0 Å². The Morgan fingerprint density at radius 3 is 2.37 bits per heavy atom. The summed E-state index contributed by atoms with van der Waals surface area (Å²) in [5.41, 5.74) is 0.316. The predicted octanol–water partition coefficient (Wildman–Crippen LogP) is 3.95. The highest BCUT2D eigenvalue weighted by Gasteiger charge is 2.22. The van der Waals surface area contributed by atoms with Gasteiger partial charge in [-0.25, -0.2) is 0 Å². The van der Waals surface area contributed by atoms with Crippen molar-refractivity contribution >= 4 is 22.9 Å². The maximum atomic E-state index is 10.5. The molecule has 4 heteroatoms. The Balaban J connectivity index is 2.03. The van der Waals surface area contributed by atoms with E-state index in [-0.39, 0.29) is 0 Å². The molecule has 0 aliphatic heterocycles. The quantitative estimate of drug-likeness (QED) is 0.905. The molecule has 0 amide bonds. The second-order valence-electron chi connectivity index (χ2n) is 4.90. The average Bonchev–Trinajstić information content (AvgIpc) is 2.74. The zero-order valence-corrected chi connectivity index (χ0v) is 12.6. The van der Waals surface area contributed by atoms with E-state index in [0.29, 0.717) is 12.8 Å². The summed E-state index contributed by atoms with van der Waals surface area (Å²) in [6, 6.07) is 11.6. The maximum absolute atomic E-state index is 10.5. The minimum absolute atomic E-state index is 0.604. The summed E-state index contributed by atoms with van der Waals surface area (Å²) in [4.78, 5) is 1.10. The van der Waals surface area contributed by atoms with Crippen molar-refractivity contribution < 1.29 is 9.84 Å². The van der Waals surface area contributed by atoms with Crippen molar-refractivity contribution in [1.82, 2.24) is 0 Å². The number of hydrogen-bond acceptors (Lipinski definition) is 3. The van der Waals surface area contributed by atoms with Gasteiger partial charge in [-0.1, -0.05) is 23.7 Å². The molecule has 19 heavy (non-hydrogen) atoms. The van der Waals surface area contributed by atoms with Gasteiger partial charge in [0.15, 0.2) is 0 Å². The third kappa shape index (κ3) is 4.23. The number of benzene rings is 1. The van der Waals surface area contributed by atoms with E-state index in [9.17, 15) is 5.11 Å². The van der Waals surface area contributed by atoms with Crippen molar-refractivity contribution in [2.24, 2.45) is 0 Å². The first-order valence-corrected chi connectivity index (χ1v) is 7.27. The van der Waals surface area contributed by atoms with Crippen LogP contribution in [0.3, 0.4) is 0 Å². The SMILES string of the molecule is COc1ccc(CC(C)(O)Cc2ccc(Cl)s2)cc1. The Kier molecular flexibility index (Phi) is 4.50. The molecule has 0 saturated heterocycles. The van der Waals surface area contributed by atoms with Crippen LogP contribution in [0.4, 0.5) is 0 Å². The summed E-state index contributed by atoms with van der Waals surface area (Å²) in [7, 11) is 1.64. The van der Waals surface area contributed by atoms with Gasteiger partial charge in [-0.15, -0.1) is 11.3 Å². The van der Waals surface area contributed by atoms with Crippen molar-refractivity contribution in [2.75, 3.05) is 7.11 Å².